The molecule has 0 heterocycles. The molecule has 1 aliphatic carbocycles. The van der Waals surface area contributed by atoms with E-state index in [0.29, 0.717) is 18.2 Å². The molecule has 0 unspecified atom stereocenters. The minimum Gasteiger partial charge on any atom is -0.504 e. The fourth-order valence-electron chi connectivity index (χ4n) is 2.08. The number of phenolic OH excluding ortho intramolecular Hbond substituents is 3. The maximum atomic E-state index is 9.58. The lowest BCUT2D eigenvalue weighted by Crippen LogP contribution is -2.39. The molecule has 0 aliphatic heterocycles. The Morgan fingerprint density at radius 2 is 1.88 bits per heavy atom. The average Bonchev–Trinajstić information content (AvgIpc) is 2.22. The summed E-state index contributed by atoms with van der Waals surface area (Å²) in [5.74, 6) is -0.195. The molecule has 4 N–H and O–H groups in total. The van der Waals surface area contributed by atoms with Gasteiger partial charge in [0.2, 0.25) is 5.75 Å². The van der Waals surface area contributed by atoms with Crippen molar-refractivity contribution < 1.29 is 15.3 Å². The van der Waals surface area contributed by atoms with Crippen LogP contribution in [0, 0.1) is 5.92 Å². The van der Waals surface area contributed by atoms with Crippen LogP contribution in [-0.4, -0.2) is 21.4 Å². The van der Waals surface area contributed by atoms with Gasteiger partial charge in [-0.2, -0.15) is 0 Å². The highest BCUT2D eigenvalue weighted by Crippen LogP contribution is 2.37. The summed E-state index contributed by atoms with van der Waals surface area (Å²) in [6.07, 6.45) is 2.32. The number of hydrogen-bond acceptors (Lipinski definition) is 4. The summed E-state index contributed by atoms with van der Waals surface area (Å²) in [7, 11) is 0. The first-order chi connectivity index (χ1) is 7.58. The Hall–Kier alpha value is -1.42. The van der Waals surface area contributed by atoms with Gasteiger partial charge in [0, 0.05) is 18.2 Å². The van der Waals surface area contributed by atoms with Crippen LogP contribution in [0.3, 0.4) is 0 Å². The second-order valence-electron chi connectivity index (χ2n) is 4.60. The lowest BCUT2D eigenvalue weighted by atomic mass is 9.82. The maximum absolute atomic E-state index is 9.58. The van der Waals surface area contributed by atoms with Gasteiger partial charge in [-0.25, -0.2) is 0 Å². The predicted octanol–water partition coefficient (Wildman–Crippen LogP) is 1.69. The van der Waals surface area contributed by atoms with Crippen LogP contribution in [0.1, 0.15) is 25.3 Å². The number of benzene rings is 1. The van der Waals surface area contributed by atoms with Gasteiger partial charge in [0.25, 0.3) is 0 Å². The zero-order valence-electron chi connectivity index (χ0n) is 9.27. The lowest BCUT2D eigenvalue weighted by molar-refractivity contribution is 0.239. The topological polar surface area (TPSA) is 72.7 Å². The number of rotatable bonds is 3. The highest BCUT2D eigenvalue weighted by atomic mass is 16.3. The molecule has 2 rings (SSSR count). The summed E-state index contributed by atoms with van der Waals surface area (Å²) in [6.45, 7) is 2.72. The zero-order valence-corrected chi connectivity index (χ0v) is 9.27. The molecule has 16 heavy (non-hydrogen) atoms. The molecule has 4 nitrogen and oxygen atoms in total. The van der Waals surface area contributed by atoms with E-state index in [4.69, 9.17) is 5.11 Å². The van der Waals surface area contributed by atoms with E-state index in [9.17, 15) is 10.2 Å². The van der Waals surface area contributed by atoms with E-state index < -0.39 is 5.75 Å². The highest BCUT2D eigenvalue weighted by Gasteiger charge is 2.24. The molecule has 0 radical (unpaired) electrons. The molecule has 88 valence electrons. The molecule has 0 bridgehead atoms. The van der Waals surface area contributed by atoms with Crippen molar-refractivity contribution in [2.75, 3.05) is 0 Å². The first kappa shape index (κ1) is 11.1. The van der Waals surface area contributed by atoms with Gasteiger partial charge in [-0.05, 0) is 24.8 Å². The monoisotopic (exact) mass is 223 g/mol. The molecule has 0 amide bonds. The average molecular weight is 223 g/mol. The third-order valence-electron chi connectivity index (χ3n) is 3.17. The van der Waals surface area contributed by atoms with Gasteiger partial charge in [0.05, 0.1) is 0 Å². The first-order valence-corrected chi connectivity index (χ1v) is 5.54. The van der Waals surface area contributed by atoms with Gasteiger partial charge in [-0.1, -0.05) is 13.0 Å². The van der Waals surface area contributed by atoms with Crippen molar-refractivity contribution in [1.82, 2.24) is 5.32 Å². The Morgan fingerprint density at radius 1 is 1.19 bits per heavy atom. The normalized spacial score (nSPS) is 24.1. The van der Waals surface area contributed by atoms with Crippen molar-refractivity contribution in [2.24, 2.45) is 5.92 Å². The van der Waals surface area contributed by atoms with Crippen molar-refractivity contribution in [3.05, 3.63) is 17.7 Å². The fraction of sp³-hybridized carbons (Fsp3) is 0.500. The molecule has 4 heteroatoms. The Labute approximate surface area is 94.5 Å². The van der Waals surface area contributed by atoms with Gasteiger partial charge in [0.15, 0.2) is 11.5 Å². The van der Waals surface area contributed by atoms with E-state index in [1.54, 1.807) is 6.07 Å². The van der Waals surface area contributed by atoms with E-state index in [0.717, 1.165) is 18.8 Å². The Balaban J connectivity index is 1.97. The Morgan fingerprint density at radius 3 is 2.50 bits per heavy atom. The summed E-state index contributed by atoms with van der Waals surface area (Å²) < 4.78 is 0. The smallest absolute Gasteiger partial charge is 0.200 e. The SMILES string of the molecule is CC1CC(NCc2ccc(O)c(O)c2O)C1. The third kappa shape index (κ3) is 2.07. The minimum absolute atomic E-state index is 0.236. The molecule has 0 aromatic heterocycles. The largest absolute Gasteiger partial charge is 0.504 e. The second-order valence-corrected chi connectivity index (χ2v) is 4.60. The van der Waals surface area contributed by atoms with Crippen LogP contribution in [-0.2, 0) is 6.54 Å². The van der Waals surface area contributed by atoms with Gasteiger partial charge >= 0.3 is 0 Å². The van der Waals surface area contributed by atoms with Crippen LogP contribution >= 0.6 is 0 Å². The molecule has 1 aromatic rings. The minimum atomic E-state index is -0.443. The standard InChI is InChI=1S/C12H17NO3/c1-7-4-9(5-7)13-6-8-2-3-10(14)12(16)11(8)15/h2-3,7,9,13-16H,4-6H2,1H3. The third-order valence-corrected chi connectivity index (χ3v) is 3.17. The van der Waals surface area contributed by atoms with Gasteiger partial charge in [0.1, 0.15) is 0 Å². The van der Waals surface area contributed by atoms with E-state index in [1.807, 2.05) is 0 Å². The van der Waals surface area contributed by atoms with E-state index in [1.165, 1.54) is 6.07 Å². The summed E-state index contributed by atoms with van der Waals surface area (Å²) >= 11 is 0. The molecule has 0 atom stereocenters. The molecule has 0 spiro atoms. The lowest BCUT2D eigenvalue weighted by Gasteiger charge is -2.33. The maximum Gasteiger partial charge on any atom is 0.200 e. The summed E-state index contributed by atoms with van der Waals surface area (Å²) in [4.78, 5) is 0. The van der Waals surface area contributed by atoms with Crippen molar-refractivity contribution in [3.63, 3.8) is 0 Å². The zero-order chi connectivity index (χ0) is 11.7. The van der Waals surface area contributed by atoms with Crippen LogP contribution in [0.4, 0.5) is 0 Å². The molecule has 0 saturated heterocycles. The summed E-state index contributed by atoms with van der Waals surface area (Å²) in [5.41, 5.74) is 0.606. The van der Waals surface area contributed by atoms with Gasteiger partial charge in [-0.15, -0.1) is 0 Å². The van der Waals surface area contributed by atoms with Crippen LogP contribution in [0.2, 0.25) is 0 Å². The number of hydrogen-bond donors (Lipinski definition) is 4. The highest BCUT2D eigenvalue weighted by molar-refractivity contribution is 5.53. The number of aromatic hydroxyl groups is 3. The van der Waals surface area contributed by atoms with Crippen molar-refractivity contribution in [1.29, 1.82) is 0 Å². The quantitative estimate of drug-likeness (QED) is 0.588. The molecular weight excluding hydrogens is 206 g/mol. The first-order valence-electron chi connectivity index (χ1n) is 5.54. The van der Waals surface area contributed by atoms with E-state index >= 15 is 0 Å². The van der Waals surface area contributed by atoms with Crippen molar-refractivity contribution in [3.8, 4) is 17.2 Å². The van der Waals surface area contributed by atoms with Crippen molar-refractivity contribution >= 4 is 0 Å². The Kier molecular flexibility index (Phi) is 2.92. The van der Waals surface area contributed by atoms with Crippen LogP contribution < -0.4 is 5.32 Å². The Bertz CT molecular complexity index is 386. The van der Waals surface area contributed by atoms with Crippen LogP contribution in [0.5, 0.6) is 17.2 Å². The summed E-state index contributed by atoms with van der Waals surface area (Å²) in [5, 5.41) is 31.4. The fourth-order valence-corrected chi connectivity index (χ4v) is 2.08. The predicted molar refractivity (Wildman–Crippen MR) is 60.5 cm³/mol. The van der Waals surface area contributed by atoms with E-state index in [2.05, 4.69) is 12.2 Å². The van der Waals surface area contributed by atoms with Gasteiger partial charge in [-0.3, -0.25) is 0 Å². The molecule has 1 saturated carbocycles. The van der Waals surface area contributed by atoms with E-state index in [-0.39, 0.29) is 11.5 Å². The molecule has 1 aliphatic rings. The van der Waals surface area contributed by atoms with Crippen molar-refractivity contribution in [2.45, 2.75) is 32.4 Å². The molecule has 1 fully saturated rings. The number of phenols is 3. The van der Waals surface area contributed by atoms with Crippen LogP contribution in [0.25, 0.3) is 0 Å². The van der Waals surface area contributed by atoms with Gasteiger partial charge < -0.3 is 20.6 Å². The second kappa shape index (κ2) is 4.22. The van der Waals surface area contributed by atoms with Crippen LogP contribution in [0.15, 0.2) is 12.1 Å². The molecule has 1 aromatic carbocycles. The number of nitrogens with one attached hydrogen (secondary N) is 1. The summed E-state index contributed by atoms with van der Waals surface area (Å²) in [6, 6.07) is 3.50. The molecular formula is C12H17NO3.